The lowest BCUT2D eigenvalue weighted by Crippen LogP contribution is -2.26. The van der Waals surface area contributed by atoms with Gasteiger partial charge in [-0.3, -0.25) is 4.79 Å². The number of ether oxygens (including phenoxy) is 2. The van der Waals surface area contributed by atoms with E-state index in [-0.39, 0.29) is 5.91 Å². The van der Waals surface area contributed by atoms with Crippen LogP contribution in [0.2, 0.25) is 0 Å². The van der Waals surface area contributed by atoms with Crippen LogP contribution in [0.1, 0.15) is 43.6 Å². The van der Waals surface area contributed by atoms with E-state index < -0.39 is 0 Å². The monoisotopic (exact) mass is 275 g/mol. The summed E-state index contributed by atoms with van der Waals surface area (Å²) in [5.74, 6) is 2.46. The van der Waals surface area contributed by atoms with Gasteiger partial charge in [0.05, 0.1) is 14.2 Å². The number of carbonyl (C=O) groups is 1. The maximum atomic E-state index is 12.0. The normalized spacial score (nSPS) is 22.3. The molecule has 2 aliphatic rings. The molecule has 1 aromatic carbocycles. The van der Waals surface area contributed by atoms with Crippen LogP contribution in [-0.2, 0) is 4.79 Å². The molecule has 1 atom stereocenters. The highest BCUT2D eigenvalue weighted by molar-refractivity contribution is 5.95. The molecule has 0 spiro atoms. The highest BCUT2D eigenvalue weighted by Crippen LogP contribution is 2.47. The van der Waals surface area contributed by atoms with Crippen molar-refractivity contribution in [1.82, 2.24) is 0 Å². The van der Waals surface area contributed by atoms with Gasteiger partial charge in [-0.15, -0.1) is 0 Å². The summed E-state index contributed by atoms with van der Waals surface area (Å²) < 4.78 is 10.7. The van der Waals surface area contributed by atoms with E-state index in [1.165, 1.54) is 31.2 Å². The van der Waals surface area contributed by atoms with Crippen molar-refractivity contribution in [1.29, 1.82) is 0 Å². The molecule has 1 saturated carbocycles. The molecule has 0 bridgehead atoms. The fourth-order valence-electron chi connectivity index (χ4n) is 3.60. The number of amides is 1. The van der Waals surface area contributed by atoms with E-state index in [0.717, 1.165) is 11.4 Å². The number of fused-ring (bicyclic) bond motifs is 1. The summed E-state index contributed by atoms with van der Waals surface area (Å²) in [5.41, 5.74) is 2.09. The van der Waals surface area contributed by atoms with E-state index >= 15 is 0 Å². The number of methoxy groups -OCH3 is 2. The number of anilines is 1. The van der Waals surface area contributed by atoms with Crippen molar-refractivity contribution in [2.24, 2.45) is 5.92 Å². The van der Waals surface area contributed by atoms with Crippen LogP contribution in [0.15, 0.2) is 12.1 Å². The SMILES string of the molecule is COc1cc2c(cc1OC)C(C1CCCC1)CC(=O)N2. The van der Waals surface area contributed by atoms with E-state index in [1.54, 1.807) is 14.2 Å². The predicted molar refractivity (Wildman–Crippen MR) is 77.5 cm³/mol. The quantitative estimate of drug-likeness (QED) is 0.920. The highest BCUT2D eigenvalue weighted by Gasteiger charge is 2.34. The average molecular weight is 275 g/mol. The van der Waals surface area contributed by atoms with Gasteiger partial charge in [0.2, 0.25) is 5.91 Å². The first kappa shape index (κ1) is 13.3. The van der Waals surface area contributed by atoms with Crippen molar-refractivity contribution in [3.8, 4) is 11.5 Å². The minimum absolute atomic E-state index is 0.113. The third-order valence-electron chi connectivity index (χ3n) is 4.60. The van der Waals surface area contributed by atoms with Gasteiger partial charge in [0.15, 0.2) is 11.5 Å². The average Bonchev–Trinajstić information content (AvgIpc) is 2.98. The molecule has 0 saturated heterocycles. The van der Waals surface area contributed by atoms with Crippen LogP contribution in [-0.4, -0.2) is 20.1 Å². The third-order valence-corrected chi connectivity index (χ3v) is 4.60. The predicted octanol–water partition coefficient (Wildman–Crippen LogP) is 3.32. The van der Waals surface area contributed by atoms with E-state index in [4.69, 9.17) is 9.47 Å². The summed E-state index contributed by atoms with van der Waals surface area (Å²) in [4.78, 5) is 12.0. The Morgan fingerprint density at radius 1 is 1.10 bits per heavy atom. The van der Waals surface area contributed by atoms with Crippen LogP contribution < -0.4 is 14.8 Å². The van der Waals surface area contributed by atoms with E-state index in [0.29, 0.717) is 24.0 Å². The van der Waals surface area contributed by atoms with Gasteiger partial charge in [-0.05, 0) is 36.3 Å². The Bertz CT molecular complexity index is 521. The molecule has 1 aliphatic heterocycles. The first-order chi connectivity index (χ1) is 9.72. The van der Waals surface area contributed by atoms with Crippen molar-refractivity contribution in [2.75, 3.05) is 19.5 Å². The number of nitrogens with one attached hydrogen (secondary N) is 1. The Morgan fingerprint density at radius 2 is 1.75 bits per heavy atom. The van der Waals surface area contributed by atoms with E-state index in [1.807, 2.05) is 12.1 Å². The summed E-state index contributed by atoms with van der Waals surface area (Å²) >= 11 is 0. The molecule has 1 aromatic rings. The summed E-state index contributed by atoms with van der Waals surface area (Å²) in [5, 5.41) is 2.96. The zero-order chi connectivity index (χ0) is 14.1. The van der Waals surface area contributed by atoms with Crippen LogP contribution in [0.4, 0.5) is 5.69 Å². The Morgan fingerprint density at radius 3 is 2.40 bits per heavy atom. The lowest BCUT2D eigenvalue weighted by Gasteiger charge is -2.30. The van der Waals surface area contributed by atoms with Gasteiger partial charge in [0.1, 0.15) is 0 Å². The Balaban J connectivity index is 2.03. The van der Waals surface area contributed by atoms with Crippen molar-refractivity contribution in [2.45, 2.75) is 38.0 Å². The molecule has 4 heteroatoms. The van der Waals surface area contributed by atoms with Gasteiger partial charge in [-0.2, -0.15) is 0 Å². The maximum absolute atomic E-state index is 12.0. The minimum Gasteiger partial charge on any atom is -0.493 e. The molecular formula is C16H21NO3. The lowest BCUT2D eigenvalue weighted by molar-refractivity contribution is -0.117. The van der Waals surface area contributed by atoms with Crippen LogP contribution >= 0.6 is 0 Å². The Kier molecular flexibility index (Phi) is 3.55. The first-order valence-corrected chi connectivity index (χ1v) is 7.28. The van der Waals surface area contributed by atoms with Crippen LogP contribution in [0.5, 0.6) is 11.5 Å². The fourth-order valence-corrected chi connectivity index (χ4v) is 3.60. The van der Waals surface area contributed by atoms with Crippen molar-refractivity contribution in [3.63, 3.8) is 0 Å². The number of carbonyl (C=O) groups excluding carboxylic acids is 1. The number of rotatable bonds is 3. The maximum Gasteiger partial charge on any atom is 0.225 e. The first-order valence-electron chi connectivity index (χ1n) is 7.28. The van der Waals surface area contributed by atoms with Crippen molar-refractivity contribution < 1.29 is 14.3 Å². The molecule has 20 heavy (non-hydrogen) atoms. The summed E-state index contributed by atoms with van der Waals surface area (Å²) in [6.45, 7) is 0. The topological polar surface area (TPSA) is 47.6 Å². The molecule has 1 aliphatic carbocycles. The fraction of sp³-hybridized carbons (Fsp3) is 0.562. The summed E-state index contributed by atoms with van der Waals surface area (Å²) in [6, 6.07) is 3.92. The molecule has 1 heterocycles. The second kappa shape index (κ2) is 5.35. The summed E-state index contributed by atoms with van der Waals surface area (Å²) in [7, 11) is 3.26. The molecule has 108 valence electrons. The molecule has 0 aromatic heterocycles. The molecule has 1 fully saturated rings. The molecule has 0 radical (unpaired) electrons. The Hall–Kier alpha value is -1.71. The van der Waals surface area contributed by atoms with Gasteiger partial charge in [0.25, 0.3) is 0 Å². The van der Waals surface area contributed by atoms with E-state index in [9.17, 15) is 4.79 Å². The zero-order valence-corrected chi connectivity index (χ0v) is 12.1. The smallest absolute Gasteiger partial charge is 0.225 e. The highest BCUT2D eigenvalue weighted by atomic mass is 16.5. The van der Waals surface area contributed by atoms with Crippen molar-refractivity contribution in [3.05, 3.63) is 17.7 Å². The number of hydrogen-bond donors (Lipinski definition) is 1. The van der Waals surface area contributed by atoms with Crippen LogP contribution in [0, 0.1) is 5.92 Å². The summed E-state index contributed by atoms with van der Waals surface area (Å²) in [6.07, 6.45) is 5.61. The second-order valence-electron chi connectivity index (χ2n) is 5.70. The van der Waals surface area contributed by atoms with Crippen molar-refractivity contribution >= 4 is 11.6 Å². The molecular weight excluding hydrogens is 254 g/mol. The van der Waals surface area contributed by atoms with E-state index in [2.05, 4.69) is 5.32 Å². The number of benzene rings is 1. The largest absolute Gasteiger partial charge is 0.493 e. The minimum atomic E-state index is 0.113. The Labute approximate surface area is 119 Å². The lowest BCUT2D eigenvalue weighted by atomic mass is 9.79. The van der Waals surface area contributed by atoms with Crippen LogP contribution in [0.25, 0.3) is 0 Å². The van der Waals surface area contributed by atoms with Gasteiger partial charge < -0.3 is 14.8 Å². The third kappa shape index (κ3) is 2.23. The van der Waals surface area contributed by atoms with Crippen LogP contribution in [0.3, 0.4) is 0 Å². The standard InChI is InChI=1S/C16H21NO3/c1-19-14-7-12-11(10-5-3-4-6-10)8-16(18)17-13(12)9-15(14)20-2/h7,9-11H,3-6,8H2,1-2H3,(H,17,18). The molecule has 1 unspecified atom stereocenters. The molecule has 1 amide bonds. The number of hydrogen-bond acceptors (Lipinski definition) is 3. The van der Waals surface area contributed by atoms with Gasteiger partial charge in [0, 0.05) is 18.2 Å². The molecule has 1 N–H and O–H groups in total. The molecule has 3 rings (SSSR count). The second-order valence-corrected chi connectivity index (χ2v) is 5.70. The molecule has 4 nitrogen and oxygen atoms in total. The van der Waals surface area contributed by atoms with Gasteiger partial charge >= 0.3 is 0 Å². The zero-order valence-electron chi connectivity index (χ0n) is 12.1. The van der Waals surface area contributed by atoms with Gasteiger partial charge in [-0.1, -0.05) is 12.8 Å². The van der Waals surface area contributed by atoms with Gasteiger partial charge in [-0.25, -0.2) is 0 Å².